The molecule has 0 aliphatic carbocycles. The van der Waals surface area contributed by atoms with E-state index in [0.29, 0.717) is 6.42 Å². The van der Waals surface area contributed by atoms with Crippen LogP contribution >= 0.6 is 0 Å². The predicted octanol–water partition coefficient (Wildman–Crippen LogP) is 1.57. The van der Waals surface area contributed by atoms with Gasteiger partial charge in [-0.25, -0.2) is 0 Å². The van der Waals surface area contributed by atoms with E-state index in [4.69, 9.17) is 4.74 Å². The van der Waals surface area contributed by atoms with Crippen molar-refractivity contribution >= 4 is 23.6 Å². The molecule has 2 atom stereocenters. The van der Waals surface area contributed by atoms with E-state index in [0.717, 1.165) is 4.90 Å². The number of carbonyl (C=O) groups is 4. The largest absolute Gasteiger partial charge is 0.466 e. The Bertz CT molecular complexity index is 477. The van der Waals surface area contributed by atoms with Gasteiger partial charge < -0.3 is 4.74 Å². The minimum absolute atomic E-state index is 0.199. The summed E-state index contributed by atoms with van der Waals surface area (Å²) in [6, 6.07) is 0. The van der Waals surface area contributed by atoms with Gasteiger partial charge in [-0.2, -0.15) is 0 Å². The maximum atomic E-state index is 12.6. The molecule has 0 aromatic carbocycles. The summed E-state index contributed by atoms with van der Waals surface area (Å²) in [5, 5.41) is 0. The van der Waals surface area contributed by atoms with Crippen molar-refractivity contribution in [2.75, 3.05) is 13.2 Å². The summed E-state index contributed by atoms with van der Waals surface area (Å²) >= 11 is 0. The van der Waals surface area contributed by atoms with Gasteiger partial charge >= 0.3 is 5.97 Å². The average Bonchev–Trinajstić information content (AvgIpc) is 2.62. The lowest BCUT2D eigenvalue weighted by atomic mass is 9.77. The topological polar surface area (TPSA) is 80.8 Å². The predicted molar refractivity (Wildman–Crippen MR) is 79.7 cm³/mol. The van der Waals surface area contributed by atoms with E-state index in [1.54, 1.807) is 27.7 Å². The molecule has 0 N–H and O–H groups in total. The highest BCUT2D eigenvalue weighted by atomic mass is 16.5. The van der Waals surface area contributed by atoms with Crippen LogP contribution in [0.25, 0.3) is 0 Å². The van der Waals surface area contributed by atoms with Crippen LogP contribution in [0.2, 0.25) is 0 Å². The second-order valence-electron chi connectivity index (χ2n) is 6.54. The zero-order chi connectivity index (χ0) is 17.1. The molecule has 6 heteroatoms. The van der Waals surface area contributed by atoms with E-state index in [1.165, 1.54) is 0 Å². The maximum absolute atomic E-state index is 12.6. The lowest BCUT2D eigenvalue weighted by Gasteiger charge is -2.22. The maximum Gasteiger partial charge on any atom is 0.306 e. The van der Waals surface area contributed by atoms with Crippen LogP contribution in [0.15, 0.2) is 0 Å². The number of amides is 2. The van der Waals surface area contributed by atoms with E-state index in [9.17, 15) is 19.2 Å². The third-order valence-electron chi connectivity index (χ3n) is 3.68. The number of imide groups is 1. The summed E-state index contributed by atoms with van der Waals surface area (Å²) in [6.45, 7) is 9.10. The number of nitrogens with zero attached hydrogens (tertiary/aromatic N) is 1. The van der Waals surface area contributed by atoms with Crippen molar-refractivity contribution in [3.63, 3.8) is 0 Å². The van der Waals surface area contributed by atoms with Gasteiger partial charge in [0.2, 0.25) is 11.8 Å². The lowest BCUT2D eigenvalue weighted by Crippen LogP contribution is -2.37. The summed E-state index contributed by atoms with van der Waals surface area (Å²) in [5.74, 6) is -3.81. The molecule has 0 bridgehead atoms. The molecule has 1 aliphatic heterocycles. The Kier molecular flexibility index (Phi) is 5.85. The molecule has 1 aliphatic rings. The van der Waals surface area contributed by atoms with E-state index in [2.05, 4.69) is 0 Å². The number of hydrogen-bond donors (Lipinski definition) is 0. The van der Waals surface area contributed by atoms with Gasteiger partial charge in [0.25, 0.3) is 0 Å². The summed E-state index contributed by atoms with van der Waals surface area (Å²) in [5.41, 5.74) is -0.754. The van der Waals surface area contributed by atoms with Gasteiger partial charge in [-0.15, -0.1) is 0 Å². The number of likely N-dealkylation sites (tertiary alicyclic amines) is 1. The Morgan fingerprint density at radius 3 is 2.18 bits per heavy atom. The van der Waals surface area contributed by atoms with Gasteiger partial charge in [-0.05, 0) is 13.3 Å². The zero-order valence-corrected chi connectivity index (χ0v) is 14.0. The molecule has 0 unspecified atom stereocenters. The molecule has 1 rings (SSSR count). The van der Waals surface area contributed by atoms with Gasteiger partial charge in [0, 0.05) is 12.0 Å². The number of hydrogen-bond acceptors (Lipinski definition) is 5. The van der Waals surface area contributed by atoms with Crippen molar-refractivity contribution in [2.45, 2.75) is 47.5 Å². The van der Waals surface area contributed by atoms with Crippen LogP contribution in [-0.4, -0.2) is 41.6 Å². The molecule has 6 nitrogen and oxygen atoms in total. The molecule has 0 spiro atoms. The van der Waals surface area contributed by atoms with Crippen molar-refractivity contribution in [3.8, 4) is 0 Å². The van der Waals surface area contributed by atoms with Gasteiger partial charge in [-0.3, -0.25) is 24.1 Å². The first-order chi connectivity index (χ1) is 10.1. The Labute approximate surface area is 131 Å². The molecule has 1 fully saturated rings. The summed E-state index contributed by atoms with van der Waals surface area (Å²) in [6.07, 6.45) is 0.380. The van der Waals surface area contributed by atoms with Crippen LogP contribution in [0.4, 0.5) is 0 Å². The Hall–Kier alpha value is -1.72. The van der Waals surface area contributed by atoms with E-state index < -0.39 is 35.0 Å². The number of esters is 1. The summed E-state index contributed by atoms with van der Waals surface area (Å²) in [4.78, 5) is 50.3. The standard InChI is InChI=1S/C16H25NO5/c1-6-8-17-14(20)10(9-11(18)22-7-2)12(15(17)21)13(19)16(3,4)5/h10,12H,6-9H2,1-5H3/t10-,12+/m0/s1. The van der Waals surface area contributed by atoms with Crippen molar-refractivity contribution < 1.29 is 23.9 Å². The smallest absolute Gasteiger partial charge is 0.306 e. The minimum atomic E-state index is -1.08. The molecule has 0 aromatic heterocycles. The van der Waals surface area contributed by atoms with E-state index in [-0.39, 0.29) is 25.4 Å². The molecule has 0 radical (unpaired) electrons. The highest BCUT2D eigenvalue weighted by molar-refractivity contribution is 6.17. The second kappa shape index (κ2) is 7.03. The van der Waals surface area contributed by atoms with Crippen molar-refractivity contribution in [1.29, 1.82) is 0 Å². The van der Waals surface area contributed by atoms with Gasteiger partial charge in [0.05, 0.1) is 18.9 Å². The Morgan fingerprint density at radius 1 is 1.14 bits per heavy atom. The van der Waals surface area contributed by atoms with Crippen LogP contribution in [0.1, 0.15) is 47.5 Å². The normalized spacial score (nSPS) is 22.1. The minimum Gasteiger partial charge on any atom is -0.466 e. The molecular formula is C16H25NO5. The molecule has 0 saturated carbocycles. The monoisotopic (exact) mass is 311 g/mol. The van der Waals surface area contributed by atoms with Crippen LogP contribution in [0.5, 0.6) is 0 Å². The highest BCUT2D eigenvalue weighted by Gasteiger charge is 2.53. The van der Waals surface area contributed by atoms with E-state index >= 15 is 0 Å². The Morgan fingerprint density at radius 2 is 1.73 bits per heavy atom. The molecule has 2 amide bonds. The fraction of sp³-hybridized carbons (Fsp3) is 0.750. The Balaban J connectivity index is 3.11. The SMILES string of the molecule is CCCN1C(=O)[C@@H](C(=O)C(C)(C)C)[C@H](CC(=O)OCC)C1=O. The third kappa shape index (κ3) is 3.72. The number of ether oxygens (including phenoxy) is 1. The third-order valence-corrected chi connectivity index (χ3v) is 3.68. The fourth-order valence-corrected chi connectivity index (χ4v) is 2.60. The van der Waals surface area contributed by atoms with E-state index in [1.807, 2.05) is 6.92 Å². The van der Waals surface area contributed by atoms with Crippen LogP contribution < -0.4 is 0 Å². The number of Topliss-reactive ketones (excluding diaryl/α,β-unsaturated/α-hetero) is 1. The van der Waals surface area contributed by atoms with Crippen LogP contribution in [0.3, 0.4) is 0 Å². The first kappa shape index (κ1) is 18.3. The summed E-state index contributed by atoms with van der Waals surface area (Å²) in [7, 11) is 0. The molecule has 0 aromatic rings. The first-order valence-electron chi connectivity index (χ1n) is 7.70. The highest BCUT2D eigenvalue weighted by Crippen LogP contribution is 2.35. The number of rotatable bonds is 6. The molecule has 22 heavy (non-hydrogen) atoms. The van der Waals surface area contributed by atoms with Crippen molar-refractivity contribution in [3.05, 3.63) is 0 Å². The number of carbonyl (C=O) groups excluding carboxylic acids is 4. The van der Waals surface area contributed by atoms with Crippen LogP contribution in [0, 0.1) is 17.3 Å². The molecule has 1 saturated heterocycles. The molecular weight excluding hydrogens is 286 g/mol. The lowest BCUT2D eigenvalue weighted by molar-refractivity contribution is -0.148. The van der Waals surface area contributed by atoms with Crippen molar-refractivity contribution in [2.24, 2.45) is 17.3 Å². The fourth-order valence-electron chi connectivity index (χ4n) is 2.60. The second-order valence-corrected chi connectivity index (χ2v) is 6.54. The van der Waals surface area contributed by atoms with Crippen LogP contribution in [-0.2, 0) is 23.9 Å². The van der Waals surface area contributed by atoms with Gasteiger partial charge in [0.15, 0.2) is 5.78 Å². The first-order valence-corrected chi connectivity index (χ1v) is 7.70. The quantitative estimate of drug-likeness (QED) is 0.422. The molecule has 124 valence electrons. The molecule has 1 heterocycles. The summed E-state index contributed by atoms with van der Waals surface area (Å²) < 4.78 is 4.86. The van der Waals surface area contributed by atoms with Crippen molar-refractivity contribution in [1.82, 2.24) is 4.90 Å². The zero-order valence-electron chi connectivity index (χ0n) is 14.0. The van der Waals surface area contributed by atoms with Gasteiger partial charge in [0.1, 0.15) is 5.92 Å². The van der Waals surface area contributed by atoms with Gasteiger partial charge in [-0.1, -0.05) is 27.7 Å². The average molecular weight is 311 g/mol. The number of ketones is 1.